The number of β-amino-alcohol motifs (C(OH)–C–C–N with tert-alkyl or cyclic N) is 1. The van der Waals surface area contributed by atoms with Crippen LogP contribution in [0.4, 0.5) is 5.69 Å². The number of halogens is 1. The van der Waals surface area contributed by atoms with E-state index in [0.717, 1.165) is 55.1 Å². The summed E-state index contributed by atoms with van der Waals surface area (Å²) in [5, 5.41) is 16.7. The molecule has 1 atom stereocenters. The van der Waals surface area contributed by atoms with Crippen molar-refractivity contribution in [3.05, 3.63) is 69.9 Å². The van der Waals surface area contributed by atoms with Gasteiger partial charge in [0.2, 0.25) is 5.91 Å². The maximum Gasteiger partial charge on any atom is 0.219 e. The number of piperazine rings is 1. The van der Waals surface area contributed by atoms with Crippen molar-refractivity contribution >= 4 is 23.2 Å². The van der Waals surface area contributed by atoms with Gasteiger partial charge in [-0.2, -0.15) is 5.10 Å². The number of aliphatic hydroxyl groups is 1. The summed E-state index contributed by atoms with van der Waals surface area (Å²) in [6, 6.07) is 14.3. The molecule has 1 unspecified atom stereocenters. The van der Waals surface area contributed by atoms with Gasteiger partial charge < -0.3 is 14.9 Å². The first-order valence-corrected chi connectivity index (χ1v) is 13.5. The third-order valence-corrected chi connectivity index (χ3v) is 7.87. The van der Waals surface area contributed by atoms with E-state index in [0.29, 0.717) is 31.2 Å². The molecule has 0 radical (unpaired) electrons. The largest absolute Gasteiger partial charge is 0.390 e. The molecule has 1 aromatic heterocycles. The summed E-state index contributed by atoms with van der Waals surface area (Å²) in [6.07, 6.45) is 0.206. The molecule has 1 fully saturated rings. The highest BCUT2D eigenvalue weighted by Crippen LogP contribution is 2.31. The lowest BCUT2D eigenvalue weighted by Crippen LogP contribution is -2.49. The van der Waals surface area contributed by atoms with Gasteiger partial charge in [-0.3, -0.25) is 14.4 Å². The average Bonchev–Trinajstić information content (AvgIpc) is 3.22. The molecule has 0 bridgehead atoms. The molecule has 0 saturated carbocycles. The van der Waals surface area contributed by atoms with Gasteiger partial charge in [0.15, 0.2) is 0 Å². The van der Waals surface area contributed by atoms with Crippen molar-refractivity contribution in [1.82, 2.24) is 19.6 Å². The van der Waals surface area contributed by atoms with Crippen LogP contribution in [0, 0.1) is 13.8 Å². The Morgan fingerprint density at radius 3 is 2.43 bits per heavy atom. The molecular weight excluding hydrogens is 486 g/mol. The van der Waals surface area contributed by atoms with Crippen LogP contribution in [0.3, 0.4) is 0 Å². The van der Waals surface area contributed by atoms with Gasteiger partial charge in [-0.25, -0.2) is 0 Å². The number of anilines is 1. The molecular formula is C29H36ClN5O2. The van der Waals surface area contributed by atoms with Crippen LogP contribution in [-0.4, -0.2) is 76.0 Å². The standard InChI is InChI=1S/C29H36ClN5O2/c1-20-4-9-27(21(2)16-20)33-14-12-32(13-15-33)17-25(37)18-35-28-10-11-34(22(3)36)19-26(28)29(31-35)23-5-7-24(30)8-6-23/h4-9,16,25,37H,10-15,17-19H2,1-3H3. The number of hydrogen-bond acceptors (Lipinski definition) is 5. The van der Waals surface area contributed by atoms with Crippen molar-refractivity contribution in [2.45, 2.75) is 46.4 Å². The predicted octanol–water partition coefficient (Wildman–Crippen LogP) is 3.91. The first-order chi connectivity index (χ1) is 17.8. The molecule has 5 rings (SSSR count). The minimum absolute atomic E-state index is 0.0699. The fourth-order valence-corrected chi connectivity index (χ4v) is 5.76. The quantitative estimate of drug-likeness (QED) is 0.533. The maximum atomic E-state index is 12.1. The second kappa shape index (κ2) is 10.9. The molecule has 1 N–H and O–H groups in total. The van der Waals surface area contributed by atoms with Crippen LogP contribution in [0.2, 0.25) is 5.02 Å². The predicted molar refractivity (Wildman–Crippen MR) is 148 cm³/mol. The van der Waals surface area contributed by atoms with Gasteiger partial charge in [0.1, 0.15) is 0 Å². The molecule has 3 aromatic rings. The number of hydrogen-bond donors (Lipinski definition) is 1. The van der Waals surface area contributed by atoms with Gasteiger partial charge >= 0.3 is 0 Å². The Bertz CT molecular complexity index is 1260. The molecule has 8 heteroatoms. The number of aryl methyl sites for hydroxylation is 2. The molecule has 37 heavy (non-hydrogen) atoms. The lowest BCUT2D eigenvalue weighted by Gasteiger charge is -2.37. The first kappa shape index (κ1) is 25.8. The van der Waals surface area contributed by atoms with E-state index in [4.69, 9.17) is 16.7 Å². The third kappa shape index (κ3) is 5.69. The van der Waals surface area contributed by atoms with Crippen LogP contribution in [0.1, 0.15) is 29.3 Å². The van der Waals surface area contributed by atoms with E-state index >= 15 is 0 Å². The summed E-state index contributed by atoms with van der Waals surface area (Å²) in [4.78, 5) is 18.7. The van der Waals surface area contributed by atoms with Gasteiger partial charge in [0.05, 0.1) is 18.3 Å². The van der Waals surface area contributed by atoms with Gasteiger partial charge in [-0.05, 0) is 37.6 Å². The number of benzene rings is 2. The number of aliphatic hydroxyl groups excluding tert-OH is 1. The first-order valence-electron chi connectivity index (χ1n) is 13.1. The van der Waals surface area contributed by atoms with Crippen LogP contribution < -0.4 is 4.90 Å². The molecule has 2 aliphatic rings. The Hall–Kier alpha value is -2.87. The summed E-state index contributed by atoms with van der Waals surface area (Å²) < 4.78 is 1.97. The Kier molecular flexibility index (Phi) is 7.56. The van der Waals surface area contributed by atoms with E-state index in [9.17, 15) is 9.90 Å². The van der Waals surface area contributed by atoms with Crippen LogP contribution in [0.5, 0.6) is 0 Å². The van der Waals surface area contributed by atoms with Crippen molar-refractivity contribution in [2.75, 3.05) is 44.2 Å². The van der Waals surface area contributed by atoms with Gasteiger partial charge in [-0.1, -0.05) is 41.4 Å². The average molecular weight is 522 g/mol. The van der Waals surface area contributed by atoms with Crippen molar-refractivity contribution in [2.24, 2.45) is 0 Å². The van der Waals surface area contributed by atoms with Crippen molar-refractivity contribution < 1.29 is 9.90 Å². The van der Waals surface area contributed by atoms with E-state index in [1.54, 1.807) is 6.92 Å². The van der Waals surface area contributed by atoms with Crippen LogP contribution in [0.15, 0.2) is 42.5 Å². The molecule has 0 spiro atoms. The summed E-state index contributed by atoms with van der Waals surface area (Å²) in [5.74, 6) is 0.0699. The van der Waals surface area contributed by atoms with E-state index in [-0.39, 0.29) is 5.91 Å². The molecule has 0 aliphatic carbocycles. The lowest BCUT2D eigenvalue weighted by atomic mass is 10.0. The second-order valence-electron chi connectivity index (χ2n) is 10.4. The van der Waals surface area contributed by atoms with E-state index < -0.39 is 6.10 Å². The Morgan fingerprint density at radius 2 is 1.76 bits per heavy atom. The van der Waals surface area contributed by atoms with Crippen LogP contribution in [-0.2, 0) is 24.3 Å². The number of amides is 1. The van der Waals surface area contributed by atoms with E-state index in [1.807, 2.05) is 33.8 Å². The fraction of sp³-hybridized carbons (Fsp3) is 0.448. The number of fused-ring (bicyclic) bond motifs is 1. The maximum absolute atomic E-state index is 12.1. The summed E-state index contributed by atoms with van der Waals surface area (Å²) in [6.45, 7) is 11.9. The topological polar surface area (TPSA) is 64.8 Å². The third-order valence-electron chi connectivity index (χ3n) is 7.61. The lowest BCUT2D eigenvalue weighted by molar-refractivity contribution is -0.129. The number of carbonyl (C=O) groups is 1. The van der Waals surface area contributed by atoms with E-state index in [1.165, 1.54) is 16.8 Å². The van der Waals surface area contributed by atoms with Gasteiger partial charge in [-0.15, -0.1) is 0 Å². The second-order valence-corrected chi connectivity index (χ2v) is 10.8. The Morgan fingerprint density at radius 1 is 1.03 bits per heavy atom. The highest BCUT2D eigenvalue weighted by Gasteiger charge is 2.28. The number of rotatable bonds is 6. The Balaban J connectivity index is 1.27. The van der Waals surface area contributed by atoms with Crippen molar-refractivity contribution in [3.63, 3.8) is 0 Å². The highest BCUT2D eigenvalue weighted by atomic mass is 35.5. The smallest absolute Gasteiger partial charge is 0.219 e. The normalized spacial score (nSPS) is 17.1. The molecule has 3 heterocycles. The molecule has 2 aromatic carbocycles. The summed E-state index contributed by atoms with van der Waals surface area (Å²) >= 11 is 6.11. The zero-order valence-corrected chi connectivity index (χ0v) is 22.7. The molecule has 1 saturated heterocycles. The van der Waals surface area contributed by atoms with Crippen molar-refractivity contribution in [1.29, 1.82) is 0 Å². The van der Waals surface area contributed by atoms with Gasteiger partial charge in [0, 0.05) is 86.7 Å². The van der Waals surface area contributed by atoms with Crippen molar-refractivity contribution in [3.8, 4) is 11.3 Å². The fourth-order valence-electron chi connectivity index (χ4n) is 5.64. The zero-order chi connectivity index (χ0) is 26.1. The van der Waals surface area contributed by atoms with E-state index in [2.05, 4.69) is 41.8 Å². The van der Waals surface area contributed by atoms with Crippen LogP contribution >= 0.6 is 11.6 Å². The number of carbonyl (C=O) groups excluding carboxylic acids is 1. The number of nitrogens with zero attached hydrogens (tertiary/aromatic N) is 5. The molecule has 196 valence electrons. The van der Waals surface area contributed by atoms with Crippen LogP contribution in [0.25, 0.3) is 11.3 Å². The highest BCUT2D eigenvalue weighted by molar-refractivity contribution is 6.30. The molecule has 7 nitrogen and oxygen atoms in total. The summed E-state index contributed by atoms with van der Waals surface area (Å²) in [5.41, 5.74) is 7.94. The summed E-state index contributed by atoms with van der Waals surface area (Å²) in [7, 11) is 0. The SMILES string of the molecule is CC(=O)N1CCc2c(c(-c3ccc(Cl)cc3)nn2CC(O)CN2CCN(c3ccc(C)cc3C)CC2)C1. The minimum Gasteiger partial charge on any atom is -0.390 e. The van der Waals surface area contributed by atoms with Gasteiger partial charge in [0.25, 0.3) is 0 Å². The Labute approximate surface area is 224 Å². The monoisotopic (exact) mass is 521 g/mol. The molecule has 1 amide bonds. The number of aromatic nitrogens is 2. The zero-order valence-electron chi connectivity index (χ0n) is 22.0. The molecule has 2 aliphatic heterocycles. The minimum atomic E-state index is -0.527.